The van der Waals surface area contributed by atoms with Crippen molar-refractivity contribution in [3.8, 4) is 0 Å². The third-order valence-corrected chi connectivity index (χ3v) is 4.69. The average Bonchev–Trinajstić information content (AvgIpc) is 2.46. The van der Waals surface area contributed by atoms with Crippen LogP contribution >= 0.6 is 0 Å². The van der Waals surface area contributed by atoms with Crippen LogP contribution in [-0.4, -0.2) is 24.5 Å². The van der Waals surface area contributed by atoms with Crippen LogP contribution in [0.25, 0.3) is 0 Å². The van der Waals surface area contributed by atoms with Gasteiger partial charge in [-0.2, -0.15) is 0 Å². The van der Waals surface area contributed by atoms with Crippen molar-refractivity contribution in [3.05, 3.63) is 59.9 Å². The molecule has 2 rings (SSSR count). The normalized spacial score (nSPS) is 11.2. The summed E-state index contributed by atoms with van der Waals surface area (Å²) in [5.41, 5.74) is 1.44. The molecule has 0 fully saturated rings. The Hall–Kier alpha value is -2.21. The lowest BCUT2D eigenvalue weighted by Crippen LogP contribution is -2.05. The molecule has 0 aliphatic heterocycles. The maximum absolute atomic E-state index is 12.3. The third kappa shape index (κ3) is 4.39. The first-order valence-electron chi connectivity index (χ1n) is 6.40. The van der Waals surface area contributed by atoms with Crippen LogP contribution in [0.5, 0.6) is 0 Å². The van der Waals surface area contributed by atoms with E-state index in [1.807, 2.05) is 0 Å². The van der Waals surface area contributed by atoms with Crippen molar-refractivity contribution in [2.24, 2.45) is 0 Å². The summed E-state index contributed by atoms with van der Waals surface area (Å²) in [5.74, 6) is -0.974. The number of hydrogen-bond donors (Lipinski definition) is 1. The Morgan fingerprint density at radius 1 is 1.10 bits per heavy atom. The fourth-order valence-electron chi connectivity index (χ4n) is 1.90. The molecule has 0 aliphatic rings. The molecule has 0 unspecified atom stereocenters. The summed E-state index contributed by atoms with van der Waals surface area (Å²) in [6, 6.07) is 9.75. The highest BCUT2D eigenvalue weighted by Crippen LogP contribution is 2.17. The van der Waals surface area contributed by atoms with Crippen molar-refractivity contribution in [3.63, 3.8) is 0 Å². The Morgan fingerprint density at radius 2 is 1.81 bits per heavy atom. The highest BCUT2D eigenvalue weighted by atomic mass is 32.2. The molecule has 0 aliphatic carbocycles. The van der Waals surface area contributed by atoms with Crippen LogP contribution in [0.2, 0.25) is 0 Å². The molecule has 0 saturated heterocycles. The molecule has 1 heterocycles. The van der Waals surface area contributed by atoms with Crippen molar-refractivity contribution in [2.75, 3.05) is 0 Å². The smallest absolute Gasteiger partial charge is 0.303 e. The van der Waals surface area contributed by atoms with Crippen molar-refractivity contribution in [1.29, 1.82) is 0 Å². The number of pyridine rings is 1. The number of nitrogens with zero attached hydrogens (tertiary/aromatic N) is 1. The van der Waals surface area contributed by atoms with Gasteiger partial charge in [0.05, 0.1) is 10.6 Å². The van der Waals surface area contributed by atoms with E-state index in [1.54, 1.807) is 30.5 Å². The number of carboxylic acids is 1. The van der Waals surface area contributed by atoms with Gasteiger partial charge in [0.25, 0.3) is 0 Å². The predicted octanol–water partition coefficient (Wildman–Crippen LogP) is 2.07. The number of sulfone groups is 1. The van der Waals surface area contributed by atoms with E-state index in [0.29, 0.717) is 12.0 Å². The summed E-state index contributed by atoms with van der Waals surface area (Å²) in [6.07, 6.45) is 3.53. The van der Waals surface area contributed by atoms with Gasteiger partial charge in [0.15, 0.2) is 9.84 Å². The van der Waals surface area contributed by atoms with Gasteiger partial charge in [0, 0.05) is 18.8 Å². The van der Waals surface area contributed by atoms with Gasteiger partial charge in [-0.3, -0.25) is 9.78 Å². The summed E-state index contributed by atoms with van der Waals surface area (Å²) in [7, 11) is -3.42. The molecule has 0 amide bonds. The number of carboxylic acid groups (broad SMARTS) is 1. The van der Waals surface area contributed by atoms with E-state index in [1.165, 1.54) is 18.3 Å². The largest absolute Gasteiger partial charge is 0.481 e. The maximum atomic E-state index is 12.3. The number of carbonyl (C=O) groups is 1. The molecule has 0 bridgehead atoms. The van der Waals surface area contributed by atoms with Crippen molar-refractivity contribution < 1.29 is 18.3 Å². The Balaban J connectivity index is 2.12. The minimum Gasteiger partial charge on any atom is -0.481 e. The lowest BCUT2D eigenvalue weighted by atomic mass is 10.1. The second kappa shape index (κ2) is 6.49. The number of aliphatic carboxylic acids is 1. The number of benzene rings is 1. The summed E-state index contributed by atoms with van der Waals surface area (Å²) in [4.78, 5) is 14.6. The molecule has 1 N–H and O–H groups in total. The van der Waals surface area contributed by atoms with Crippen LogP contribution in [0.1, 0.15) is 17.5 Å². The lowest BCUT2D eigenvalue weighted by Gasteiger charge is -2.05. The van der Waals surface area contributed by atoms with Crippen LogP contribution in [0, 0.1) is 0 Å². The molecule has 0 spiro atoms. The standard InChI is InChI=1S/C15H15NO4S/c17-15(18)8-5-12-3-6-14(7-4-12)21(19,20)11-13-2-1-9-16-10-13/h1-4,6-7,9-10H,5,8,11H2,(H,17,18). The quantitative estimate of drug-likeness (QED) is 0.883. The van der Waals surface area contributed by atoms with Gasteiger partial charge >= 0.3 is 5.97 Å². The molecule has 21 heavy (non-hydrogen) atoms. The van der Waals surface area contributed by atoms with E-state index in [-0.39, 0.29) is 17.1 Å². The molecule has 2 aromatic rings. The van der Waals surface area contributed by atoms with Crippen LogP contribution in [0.15, 0.2) is 53.7 Å². The van der Waals surface area contributed by atoms with Gasteiger partial charge in [0.2, 0.25) is 0 Å². The third-order valence-electron chi connectivity index (χ3n) is 2.99. The zero-order chi connectivity index (χ0) is 15.3. The average molecular weight is 305 g/mol. The first-order chi connectivity index (χ1) is 9.97. The maximum Gasteiger partial charge on any atom is 0.303 e. The Bertz CT molecular complexity index is 709. The van der Waals surface area contributed by atoms with Gasteiger partial charge in [-0.25, -0.2) is 8.42 Å². The van der Waals surface area contributed by atoms with E-state index in [0.717, 1.165) is 5.56 Å². The second-order valence-corrected chi connectivity index (χ2v) is 6.65. The SMILES string of the molecule is O=C(O)CCc1ccc(S(=O)(=O)Cc2cccnc2)cc1. The second-order valence-electron chi connectivity index (χ2n) is 4.66. The molecule has 6 heteroatoms. The fourth-order valence-corrected chi connectivity index (χ4v) is 3.23. The first kappa shape index (κ1) is 15.2. The van der Waals surface area contributed by atoms with E-state index in [2.05, 4.69) is 4.98 Å². The predicted molar refractivity (Wildman–Crippen MR) is 77.5 cm³/mol. The summed E-state index contributed by atoms with van der Waals surface area (Å²) in [5, 5.41) is 8.62. The minimum absolute atomic E-state index is 0.0295. The number of aromatic nitrogens is 1. The zero-order valence-electron chi connectivity index (χ0n) is 11.3. The fraction of sp³-hybridized carbons (Fsp3) is 0.200. The molecule has 0 atom stereocenters. The van der Waals surface area contributed by atoms with Gasteiger partial charge in [-0.15, -0.1) is 0 Å². The minimum atomic E-state index is -3.42. The van der Waals surface area contributed by atoms with E-state index >= 15 is 0 Å². The van der Waals surface area contributed by atoms with E-state index in [9.17, 15) is 13.2 Å². The summed E-state index contributed by atoms with van der Waals surface area (Å²) >= 11 is 0. The van der Waals surface area contributed by atoms with Gasteiger partial charge in [-0.05, 0) is 35.7 Å². The van der Waals surface area contributed by atoms with Gasteiger partial charge < -0.3 is 5.11 Å². The van der Waals surface area contributed by atoms with Crippen LogP contribution in [0.3, 0.4) is 0 Å². The Labute approximate surface area is 123 Å². The van der Waals surface area contributed by atoms with Gasteiger partial charge in [0.1, 0.15) is 0 Å². The Morgan fingerprint density at radius 3 is 2.38 bits per heavy atom. The molecule has 0 radical (unpaired) electrons. The van der Waals surface area contributed by atoms with Crippen LogP contribution in [0.4, 0.5) is 0 Å². The monoisotopic (exact) mass is 305 g/mol. The lowest BCUT2D eigenvalue weighted by molar-refractivity contribution is -0.136. The highest BCUT2D eigenvalue weighted by molar-refractivity contribution is 7.90. The van der Waals surface area contributed by atoms with Crippen LogP contribution < -0.4 is 0 Å². The molecule has 110 valence electrons. The van der Waals surface area contributed by atoms with Crippen molar-refractivity contribution in [1.82, 2.24) is 4.98 Å². The van der Waals surface area contributed by atoms with Crippen LogP contribution in [-0.2, 0) is 26.8 Å². The van der Waals surface area contributed by atoms with Gasteiger partial charge in [-0.1, -0.05) is 18.2 Å². The summed E-state index contributed by atoms with van der Waals surface area (Å²) < 4.78 is 24.5. The Kier molecular flexibility index (Phi) is 4.70. The number of hydrogen-bond acceptors (Lipinski definition) is 4. The molecular formula is C15H15NO4S. The van der Waals surface area contributed by atoms with E-state index in [4.69, 9.17) is 5.11 Å². The topological polar surface area (TPSA) is 84.3 Å². The van der Waals surface area contributed by atoms with Crippen molar-refractivity contribution >= 4 is 15.8 Å². The highest BCUT2D eigenvalue weighted by Gasteiger charge is 2.15. The molecule has 1 aromatic heterocycles. The zero-order valence-corrected chi connectivity index (χ0v) is 12.1. The summed E-state index contributed by atoms with van der Waals surface area (Å²) in [6.45, 7) is 0. The molecule has 5 nitrogen and oxygen atoms in total. The number of rotatable bonds is 6. The molecule has 1 aromatic carbocycles. The first-order valence-corrected chi connectivity index (χ1v) is 8.05. The van der Waals surface area contributed by atoms with Crippen molar-refractivity contribution in [2.45, 2.75) is 23.5 Å². The molecule has 0 saturated carbocycles. The number of aryl methyl sites for hydroxylation is 1. The molecular weight excluding hydrogens is 290 g/mol. The van der Waals surface area contributed by atoms with E-state index < -0.39 is 15.8 Å².